The van der Waals surface area contributed by atoms with Crippen LogP contribution in [0.2, 0.25) is 5.02 Å². The molecule has 1 aromatic rings. The summed E-state index contributed by atoms with van der Waals surface area (Å²) in [5, 5.41) is 3.15. The van der Waals surface area contributed by atoms with Gasteiger partial charge in [-0.3, -0.25) is 4.79 Å². The maximum absolute atomic E-state index is 12.1. The molecule has 1 rings (SSSR count). The van der Waals surface area contributed by atoms with Crippen molar-refractivity contribution in [2.45, 2.75) is 13.8 Å². The molecule has 0 saturated heterocycles. The van der Waals surface area contributed by atoms with Crippen LogP contribution in [0.3, 0.4) is 0 Å². The largest absolute Gasteiger partial charge is 0.495 e. The van der Waals surface area contributed by atoms with Crippen molar-refractivity contribution in [3.63, 3.8) is 0 Å². The number of hydrogen-bond acceptors (Lipinski definition) is 4. The van der Waals surface area contributed by atoms with Gasteiger partial charge in [0, 0.05) is 12.6 Å². The van der Waals surface area contributed by atoms with Crippen molar-refractivity contribution in [3.05, 3.63) is 17.2 Å². The van der Waals surface area contributed by atoms with Crippen LogP contribution in [0.4, 0.5) is 5.69 Å². The van der Waals surface area contributed by atoms with E-state index in [0.29, 0.717) is 22.2 Å². The van der Waals surface area contributed by atoms with E-state index in [9.17, 15) is 4.79 Å². The Balaban J connectivity index is 3.08. The summed E-state index contributed by atoms with van der Waals surface area (Å²) in [4.78, 5) is 12.1. The summed E-state index contributed by atoms with van der Waals surface area (Å²) in [6, 6.07) is 3.21. The molecule has 0 aliphatic rings. The van der Waals surface area contributed by atoms with Gasteiger partial charge in [-0.15, -0.1) is 0 Å². The van der Waals surface area contributed by atoms with Crippen molar-refractivity contribution in [2.24, 2.45) is 11.1 Å². The van der Waals surface area contributed by atoms with Gasteiger partial charge in [0.15, 0.2) is 0 Å². The number of nitrogens with two attached hydrogens (primary N) is 1. The smallest absolute Gasteiger partial charge is 0.231 e. The summed E-state index contributed by atoms with van der Waals surface area (Å²) in [5.74, 6) is 0.756. The van der Waals surface area contributed by atoms with Crippen LogP contribution < -0.4 is 20.5 Å². The predicted octanol–water partition coefficient (Wildman–Crippen LogP) is 2.28. The Labute approximate surface area is 118 Å². The molecule has 5 nitrogen and oxygen atoms in total. The standard InChI is InChI=1S/C13H19ClN2O3/c1-13(2,7-15)12(17)16-9-5-8(14)10(18-3)6-11(9)19-4/h5-6H,7,15H2,1-4H3,(H,16,17). The number of benzene rings is 1. The third-order valence-electron chi connectivity index (χ3n) is 2.85. The van der Waals surface area contributed by atoms with Crippen molar-refractivity contribution in [1.82, 2.24) is 0 Å². The summed E-state index contributed by atoms with van der Waals surface area (Å²) >= 11 is 6.03. The minimum Gasteiger partial charge on any atom is -0.495 e. The monoisotopic (exact) mass is 286 g/mol. The Morgan fingerprint density at radius 3 is 2.37 bits per heavy atom. The normalized spacial score (nSPS) is 11.1. The SMILES string of the molecule is COc1cc(OC)c(NC(=O)C(C)(C)CN)cc1Cl. The average Bonchev–Trinajstić information content (AvgIpc) is 2.39. The number of carbonyl (C=O) groups is 1. The van der Waals surface area contributed by atoms with Gasteiger partial charge in [0.2, 0.25) is 5.91 Å². The lowest BCUT2D eigenvalue weighted by molar-refractivity contribution is -0.123. The van der Waals surface area contributed by atoms with E-state index in [2.05, 4.69) is 5.32 Å². The first-order chi connectivity index (χ1) is 8.85. The van der Waals surface area contributed by atoms with Crippen LogP contribution in [0.25, 0.3) is 0 Å². The molecule has 0 aliphatic carbocycles. The molecule has 19 heavy (non-hydrogen) atoms. The van der Waals surface area contributed by atoms with E-state index in [4.69, 9.17) is 26.8 Å². The predicted molar refractivity (Wildman–Crippen MR) is 76.0 cm³/mol. The second-order valence-electron chi connectivity index (χ2n) is 4.73. The number of amides is 1. The van der Waals surface area contributed by atoms with E-state index in [1.54, 1.807) is 26.0 Å². The number of rotatable bonds is 5. The fraction of sp³-hybridized carbons (Fsp3) is 0.462. The van der Waals surface area contributed by atoms with Crippen LogP contribution in [-0.2, 0) is 4.79 Å². The van der Waals surface area contributed by atoms with Gasteiger partial charge in [0.05, 0.1) is 30.3 Å². The number of hydrogen-bond donors (Lipinski definition) is 2. The zero-order valence-corrected chi connectivity index (χ0v) is 12.3. The summed E-state index contributed by atoms with van der Waals surface area (Å²) in [5.41, 5.74) is 5.39. The van der Waals surface area contributed by atoms with Gasteiger partial charge in [-0.2, -0.15) is 0 Å². The second-order valence-corrected chi connectivity index (χ2v) is 5.14. The maximum Gasteiger partial charge on any atom is 0.231 e. The Kier molecular flexibility index (Phi) is 5.03. The van der Waals surface area contributed by atoms with Gasteiger partial charge < -0.3 is 20.5 Å². The molecule has 1 aromatic carbocycles. The highest BCUT2D eigenvalue weighted by Crippen LogP contribution is 2.36. The molecule has 3 N–H and O–H groups in total. The first-order valence-corrected chi connectivity index (χ1v) is 6.16. The van der Waals surface area contributed by atoms with Crippen LogP contribution in [0.15, 0.2) is 12.1 Å². The third-order valence-corrected chi connectivity index (χ3v) is 3.14. The number of carbonyl (C=O) groups excluding carboxylic acids is 1. The fourth-order valence-electron chi connectivity index (χ4n) is 1.34. The van der Waals surface area contributed by atoms with Crippen LogP contribution >= 0.6 is 11.6 Å². The van der Waals surface area contributed by atoms with Gasteiger partial charge in [-0.1, -0.05) is 11.6 Å². The maximum atomic E-state index is 12.1. The first-order valence-electron chi connectivity index (χ1n) is 5.78. The Morgan fingerprint density at radius 1 is 1.32 bits per heavy atom. The third kappa shape index (κ3) is 3.52. The molecular formula is C13H19ClN2O3. The molecule has 106 valence electrons. The summed E-state index contributed by atoms with van der Waals surface area (Å²) < 4.78 is 10.3. The van der Waals surface area contributed by atoms with Crippen molar-refractivity contribution in [2.75, 3.05) is 26.1 Å². The van der Waals surface area contributed by atoms with Crippen molar-refractivity contribution < 1.29 is 14.3 Å². The van der Waals surface area contributed by atoms with Crippen LogP contribution in [0.1, 0.15) is 13.8 Å². The lowest BCUT2D eigenvalue weighted by atomic mass is 9.92. The molecule has 0 heterocycles. The van der Waals surface area contributed by atoms with Gasteiger partial charge >= 0.3 is 0 Å². The van der Waals surface area contributed by atoms with Crippen LogP contribution in [0, 0.1) is 5.41 Å². The van der Waals surface area contributed by atoms with Gasteiger partial charge in [-0.25, -0.2) is 0 Å². The highest BCUT2D eigenvalue weighted by molar-refractivity contribution is 6.32. The second kappa shape index (κ2) is 6.12. The number of ether oxygens (including phenoxy) is 2. The zero-order chi connectivity index (χ0) is 14.6. The van der Waals surface area contributed by atoms with Crippen LogP contribution in [0.5, 0.6) is 11.5 Å². The number of methoxy groups -OCH3 is 2. The molecule has 0 fully saturated rings. The average molecular weight is 287 g/mol. The highest BCUT2D eigenvalue weighted by Gasteiger charge is 2.26. The molecule has 0 radical (unpaired) electrons. The van der Waals surface area contributed by atoms with E-state index < -0.39 is 5.41 Å². The van der Waals surface area contributed by atoms with E-state index in [1.807, 2.05) is 0 Å². The van der Waals surface area contributed by atoms with E-state index in [1.165, 1.54) is 14.2 Å². The molecule has 0 atom stereocenters. The Hall–Kier alpha value is -1.46. The molecule has 0 saturated carbocycles. The number of anilines is 1. The number of nitrogens with one attached hydrogen (secondary N) is 1. The Morgan fingerprint density at radius 2 is 1.89 bits per heavy atom. The molecule has 0 aliphatic heterocycles. The molecular weight excluding hydrogens is 268 g/mol. The van der Waals surface area contributed by atoms with Gasteiger partial charge in [0.1, 0.15) is 11.5 Å². The molecule has 0 spiro atoms. The lowest BCUT2D eigenvalue weighted by Gasteiger charge is -2.22. The fourth-order valence-corrected chi connectivity index (χ4v) is 1.58. The van der Waals surface area contributed by atoms with E-state index >= 15 is 0 Å². The van der Waals surface area contributed by atoms with E-state index in [0.717, 1.165) is 0 Å². The molecule has 0 aromatic heterocycles. The van der Waals surface area contributed by atoms with Crippen LogP contribution in [-0.4, -0.2) is 26.7 Å². The number of halogens is 1. The van der Waals surface area contributed by atoms with Gasteiger partial charge in [-0.05, 0) is 19.9 Å². The van der Waals surface area contributed by atoms with Gasteiger partial charge in [0.25, 0.3) is 0 Å². The summed E-state index contributed by atoms with van der Waals surface area (Å²) in [6.07, 6.45) is 0. The highest BCUT2D eigenvalue weighted by atomic mass is 35.5. The van der Waals surface area contributed by atoms with Crippen molar-refractivity contribution in [3.8, 4) is 11.5 Å². The van der Waals surface area contributed by atoms with Crippen molar-refractivity contribution >= 4 is 23.2 Å². The minimum atomic E-state index is -0.669. The van der Waals surface area contributed by atoms with E-state index in [-0.39, 0.29) is 12.5 Å². The lowest BCUT2D eigenvalue weighted by Crippen LogP contribution is -2.37. The molecule has 1 amide bonds. The summed E-state index contributed by atoms with van der Waals surface area (Å²) in [7, 11) is 3.02. The molecule has 0 unspecified atom stereocenters. The van der Waals surface area contributed by atoms with Crippen molar-refractivity contribution in [1.29, 1.82) is 0 Å². The minimum absolute atomic E-state index is 0.200. The quantitative estimate of drug-likeness (QED) is 0.871. The molecule has 6 heteroatoms. The summed E-state index contributed by atoms with van der Waals surface area (Å²) in [6.45, 7) is 3.77. The molecule has 0 bridgehead atoms. The first kappa shape index (κ1) is 15.6. The zero-order valence-electron chi connectivity index (χ0n) is 11.5. The topological polar surface area (TPSA) is 73.6 Å². The Bertz CT molecular complexity index is 475.